The number of carbonyl (C=O) groups is 1. The SMILES string of the molecule is Cc1cccc(OCC(=O)OC(C)(C)C)c1. The number of aryl methyl sites for hydroxylation is 1. The predicted molar refractivity (Wildman–Crippen MR) is 62.5 cm³/mol. The summed E-state index contributed by atoms with van der Waals surface area (Å²) in [5, 5.41) is 0. The normalized spacial score (nSPS) is 11.0. The van der Waals surface area contributed by atoms with Crippen LogP contribution in [0.4, 0.5) is 0 Å². The molecule has 0 saturated carbocycles. The number of carbonyl (C=O) groups excluding carboxylic acids is 1. The van der Waals surface area contributed by atoms with Crippen LogP contribution in [0, 0.1) is 6.92 Å². The minimum atomic E-state index is -0.465. The van der Waals surface area contributed by atoms with Crippen LogP contribution < -0.4 is 4.74 Å². The second-order valence-corrected chi connectivity index (χ2v) is 4.69. The minimum absolute atomic E-state index is 0.0548. The molecule has 1 aromatic carbocycles. The third-order valence-electron chi connectivity index (χ3n) is 1.77. The minimum Gasteiger partial charge on any atom is -0.482 e. The van der Waals surface area contributed by atoms with Crippen LogP contribution in [0.15, 0.2) is 24.3 Å². The van der Waals surface area contributed by atoms with E-state index in [9.17, 15) is 4.79 Å². The van der Waals surface area contributed by atoms with Gasteiger partial charge in [0, 0.05) is 0 Å². The first kappa shape index (κ1) is 12.6. The lowest BCUT2D eigenvalue weighted by Crippen LogP contribution is -2.27. The summed E-state index contributed by atoms with van der Waals surface area (Å²) in [5.41, 5.74) is 0.634. The average Bonchev–Trinajstić information content (AvgIpc) is 2.12. The van der Waals surface area contributed by atoms with Gasteiger partial charge in [0.1, 0.15) is 11.4 Å². The van der Waals surface area contributed by atoms with Crippen molar-refractivity contribution in [3.05, 3.63) is 29.8 Å². The quantitative estimate of drug-likeness (QED) is 0.738. The molecule has 88 valence electrons. The van der Waals surface area contributed by atoms with E-state index >= 15 is 0 Å². The van der Waals surface area contributed by atoms with E-state index in [0.29, 0.717) is 5.75 Å². The van der Waals surface area contributed by atoms with Gasteiger partial charge in [-0.3, -0.25) is 0 Å². The van der Waals surface area contributed by atoms with Crippen LogP contribution >= 0.6 is 0 Å². The maximum atomic E-state index is 11.4. The fourth-order valence-electron chi connectivity index (χ4n) is 1.22. The van der Waals surface area contributed by atoms with Crippen LogP contribution in [0.5, 0.6) is 5.75 Å². The van der Waals surface area contributed by atoms with E-state index in [0.717, 1.165) is 5.56 Å². The van der Waals surface area contributed by atoms with Gasteiger partial charge in [0.25, 0.3) is 0 Å². The lowest BCUT2D eigenvalue weighted by atomic mass is 10.2. The molecule has 0 aliphatic heterocycles. The van der Waals surface area contributed by atoms with Gasteiger partial charge in [0.15, 0.2) is 6.61 Å². The van der Waals surface area contributed by atoms with Crippen LogP contribution in [0.2, 0.25) is 0 Å². The average molecular weight is 222 g/mol. The molecule has 0 amide bonds. The third-order valence-corrected chi connectivity index (χ3v) is 1.77. The molecule has 16 heavy (non-hydrogen) atoms. The molecule has 0 bridgehead atoms. The molecule has 0 fully saturated rings. The van der Waals surface area contributed by atoms with Crippen molar-refractivity contribution in [2.45, 2.75) is 33.3 Å². The molecule has 0 saturated heterocycles. The fraction of sp³-hybridized carbons (Fsp3) is 0.462. The smallest absolute Gasteiger partial charge is 0.344 e. The van der Waals surface area contributed by atoms with Crippen molar-refractivity contribution >= 4 is 5.97 Å². The number of ether oxygens (including phenoxy) is 2. The van der Waals surface area contributed by atoms with E-state index in [1.54, 1.807) is 0 Å². The highest BCUT2D eigenvalue weighted by Crippen LogP contribution is 2.13. The van der Waals surface area contributed by atoms with E-state index < -0.39 is 5.60 Å². The van der Waals surface area contributed by atoms with Gasteiger partial charge in [0.05, 0.1) is 0 Å². The van der Waals surface area contributed by atoms with Gasteiger partial charge in [-0.2, -0.15) is 0 Å². The lowest BCUT2D eigenvalue weighted by molar-refractivity contribution is -0.157. The molecule has 0 radical (unpaired) electrons. The first-order valence-corrected chi connectivity index (χ1v) is 5.28. The van der Waals surface area contributed by atoms with Gasteiger partial charge in [-0.05, 0) is 45.4 Å². The third kappa shape index (κ3) is 4.82. The Kier molecular flexibility index (Phi) is 3.93. The number of esters is 1. The highest BCUT2D eigenvalue weighted by molar-refractivity contribution is 5.71. The number of benzene rings is 1. The van der Waals surface area contributed by atoms with E-state index in [-0.39, 0.29) is 12.6 Å². The fourth-order valence-corrected chi connectivity index (χ4v) is 1.22. The molecule has 0 aliphatic rings. The molecule has 0 aliphatic carbocycles. The first-order chi connectivity index (χ1) is 7.37. The molecule has 3 nitrogen and oxygen atoms in total. The Labute approximate surface area is 96.4 Å². The highest BCUT2D eigenvalue weighted by Gasteiger charge is 2.16. The molecule has 3 heteroatoms. The maximum Gasteiger partial charge on any atom is 0.344 e. The Morgan fingerprint density at radius 3 is 2.56 bits per heavy atom. The maximum absolute atomic E-state index is 11.4. The van der Waals surface area contributed by atoms with Crippen LogP contribution in [-0.4, -0.2) is 18.2 Å². The Balaban J connectivity index is 2.43. The molecular formula is C13H18O3. The van der Waals surface area contributed by atoms with Gasteiger partial charge in [-0.15, -0.1) is 0 Å². The topological polar surface area (TPSA) is 35.5 Å². The van der Waals surface area contributed by atoms with Gasteiger partial charge >= 0.3 is 5.97 Å². The van der Waals surface area contributed by atoms with Gasteiger partial charge < -0.3 is 9.47 Å². The summed E-state index contributed by atoms with van der Waals surface area (Å²) >= 11 is 0. The predicted octanol–water partition coefficient (Wildman–Crippen LogP) is 2.72. The monoisotopic (exact) mass is 222 g/mol. The summed E-state index contributed by atoms with van der Waals surface area (Å²) in [4.78, 5) is 11.4. The summed E-state index contributed by atoms with van der Waals surface area (Å²) in [5.74, 6) is 0.333. The molecule has 0 unspecified atom stereocenters. The summed E-state index contributed by atoms with van der Waals surface area (Å²) < 4.78 is 10.4. The van der Waals surface area contributed by atoms with Crippen molar-refractivity contribution in [1.82, 2.24) is 0 Å². The van der Waals surface area contributed by atoms with Crippen LogP contribution in [-0.2, 0) is 9.53 Å². The standard InChI is InChI=1S/C13H18O3/c1-10-6-5-7-11(8-10)15-9-12(14)16-13(2,3)4/h5-8H,9H2,1-4H3. The van der Waals surface area contributed by atoms with Crippen molar-refractivity contribution in [1.29, 1.82) is 0 Å². The Morgan fingerprint density at radius 1 is 1.31 bits per heavy atom. The first-order valence-electron chi connectivity index (χ1n) is 5.28. The van der Waals surface area contributed by atoms with Crippen molar-refractivity contribution in [3.8, 4) is 5.75 Å². The molecule has 0 aromatic heterocycles. The molecule has 1 aromatic rings. The summed E-state index contributed by atoms with van der Waals surface area (Å²) in [6.07, 6.45) is 0. The Bertz CT molecular complexity index is 364. The number of hydrogen-bond donors (Lipinski definition) is 0. The van der Waals surface area contributed by atoms with Gasteiger partial charge in [0.2, 0.25) is 0 Å². The van der Waals surface area contributed by atoms with E-state index in [1.807, 2.05) is 52.0 Å². The van der Waals surface area contributed by atoms with Gasteiger partial charge in [-0.1, -0.05) is 12.1 Å². The second-order valence-electron chi connectivity index (χ2n) is 4.69. The Hall–Kier alpha value is -1.51. The van der Waals surface area contributed by atoms with Crippen molar-refractivity contribution in [2.24, 2.45) is 0 Å². The second kappa shape index (κ2) is 5.01. The molecule has 1 rings (SSSR count). The summed E-state index contributed by atoms with van der Waals surface area (Å²) in [6.45, 7) is 7.41. The number of hydrogen-bond acceptors (Lipinski definition) is 3. The molecular weight excluding hydrogens is 204 g/mol. The van der Waals surface area contributed by atoms with E-state index in [2.05, 4.69) is 0 Å². The zero-order chi connectivity index (χ0) is 12.2. The van der Waals surface area contributed by atoms with E-state index in [1.165, 1.54) is 0 Å². The van der Waals surface area contributed by atoms with Crippen LogP contribution in [0.25, 0.3) is 0 Å². The molecule has 0 heterocycles. The summed E-state index contributed by atoms with van der Waals surface area (Å²) in [6, 6.07) is 7.56. The molecule has 0 spiro atoms. The molecule has 0 atom stereocenters. The highest BCUT2D eigenvalue weighted by atomic mass is 16.6. The zero-order valence-electron chi connectivity index (χ0n) is 10.2. The summed E-state index contributed by atoms with van der Waals surface area (Å²) in [7, 11) is 0. The van der Waals surface area contributed by atoms with Crippen molar-refractivity contribution in [3.63, 3.8) is 0 Å². The van der Waals surface area contributed by atoms with Crippen molar-refractivity contribution in [2.75, 3.05) is 6.61 Å². The van der Waals surface area contributed by atoms with Crippen LogP contribution in [0.1, 0.15) is 26.3 Å². The largest absolute Gasteiger partial charge is 0.482 e. The lowest BCUT2D eigenvalue weighted by Gasteiger charge is -2.19. The van der Waals surface area contributed by atoms with E-state index in [4.69, 9.17) is 9.47 Å². The van der Waals surface area contributed by atoms with Crippen LogP contribution in [0.3, 0.4) is 0 Å². The number of rotatable bonds is 3. The van der Waals surface area contributed by atoms with Gasteiger partial charge in [-0.25, -0.2) is 4.79 Å². The Morgan fingerprint density at radius 2 is 2.00 bits per heavy atom. The molecule has 0 N–H and O–H groups in total. The van der Waals surface area contributed by atoms with Crippen molar-refractivity contribution < 1.29 is 14.3 Å². The zero-order valence-corrected chi connectivity index (χ0v) is 10.2.